The van der Waals surface area contributed by atoms with Crippen molar-refractivity contribution in [1.82, 2.24) is 0 Å². The average Bonchev–Trinajstić information content (AvgIpc) is 2.29. The van der Waals surface area contributed by atoms with Crippen LogP contribution in [-0.4, -0.2) is 12.9 Å². The maximum Gasteiger partial charge on any atom is 0.162 e. The lowest BCUT2D eigenvalue weighted by Gasteiger charge is -2.18. The van der Waals surface area contributed by atoms with Gasteiger partial charge in [0.1, 0.15) is 11.9 Å². The Balaban J connectivity index is 2.15. The summed E-state index contributed by atoms with van der Waals surface area (Å²) in [6.45, 7) is 0. The zero-order valence-corrected chi connectivity index (χ0v) is 8.47. The quantitative estimate of drug-likeness (QED) is 0.741. The van der Waals surface area contributed by atoms with Crippen molar-refractivity contribution in [3.05, 3.63) is 42.2 Å². The lowest BCUT2D eigenvalue weighted by atomic mass is 10.0. The van der Waals surface area contributed by atoms with Gasteiger partial charge in [-0.1, -0.05) is 12.1 Å². The highest BCUT2D eigenvalue weighted by Gasteiger charge is 2.18. The molecule has 2 rings (SSSR count). The summed E-state index contributed by atoms with van der Waals surface area (Å²) in [6, 6.07) is 7.55. The molecule has 3 heteroatoms. The summed E-state index contributed by atoms with van der Waals surface area (Å²) in [5, 5.41) is 0. The van der Waals surface area contributed by atoms with Crippen LogP contribution in [0.25, 0.3) is 0 Å². The number of rotatable bonds is 2. The number of ether oxygens (including phenoxy) is 2. The van der Waals surface area contributed by atoms with E-state index >= 15 is 0 Å². The van der Waals surface area contributed by atoms with E-state index in [2.05, 4.69) is 0 Å². The van der Waals surface area contributed by atoms with E-state index < -0.39 is 0 Å². The number of hydrogen-bond donors (Lipinski definition) is 0. The van der Waals surface area contributed by atoms with Crippen LogP contribution in [0.5, 0.6) is 5.75 Å². The molecule has 1 atom stereocenters. The second-order valence-electron chi connectivity index (χ2n) is 3.37. The number of carbonyl (C=O) groups is 1. The fourth-order valence-corrected chi connectivity index (χ4v) is 1.52. The van der Waals surface area contributed by atoms with E-state index in [1.165, 1.54) is 12.3 Å². The van der Waals surface area contributed by atoms with Gasteiger partial charge >= 0.3 is 0 Å². The molecule has 0 saturated carbocycles. The average molecular weight is 204 g/mol. The first-order valence-electron chi connectivity index (χ1n) is 4.78. The fraction of sp³-hybridized carbons (Fsp3) is 0.250. The van der Waals surface area contributed by atoms with E-state index in [4.69, 9.17) is 9.47 Å². The minimum Gasteiger partial charge on any atom is -0.497 e. The lowest BCUT2D eigenvalue weighted by molar-refractivity contribution is -0.118. The Kier molecular flexibility index (Phi) is 2.72. The Morgan fingerprint density at radius 1 is 1.33 bits per heavy atom. The molecule has 15 heavy (non-hydrogen) atoms. The van der Waals surface area contributed by atoms with Crippen molar-refractivity contribution in [3.8, 4) is 5.75 Å². The predicted octanol–water partition coefficient (Wildman–Crippen LogP) is 2.24. The molecule has 0 aliphatic carbocycles. The second-order valence-corrected chi connectivity index (χ2v) is 3.37. The van der Waals surface area contributed by atoms with Gasteiger partial charge in [0.25, 0.3) is 0 Å². The first kappa shape index (κ1) is 9.77. The normalized spacial score (nSPS) is 19.8. The summed E-state index contributed by atoms with van der Waals surface area (Å²) < 4.78 is 10.4. The van der Waals surface area contributed by atoms with Crippen LogP contribution in [-0.2, 0) is 9.53 Å². The van der Waals surface area contributed by atoms with E-state index in [0.717, 1.165) is 11.3 Å². The number of benzene rings is 1. The smallest absolute Gasteiger partial charge is 0.162 e. The van der Waals surface area contributed by atoms with Crippen LogP contribution < -0.4 is 4.74 Å². The molecule has 3 nitrogen and oxygen atoms in total. The van der Waals surface area contributed by atoms with Gasteiger partial charge in [0.05, 0.1) is 19.8 Å². The van der Waals surface area contributed by atoms with Crippen molar-refractivity contribution in [2.75, 3.05) is 7.11 Å². The van der Waals surface area contributed by atoms with Crippen LogP contribution in [0.15, 0.2) is 36.6 Å². The first-order valence-corrected chi connectivity index (χ1v) is 4.78. The van der Waals surface area contributed by atoms with Gasteiger partial charge in [-0.05, 0) is 17.7 Å². The Labute approximate surface area is 88.3 Å². The third-order valence-corrected chi connectivity index (χ3v) is 2.37. The van der Waals surface area contributed by atoms with E-state index in [1.54, 1.807) is 7.11 Å². The summed E-state index contributed by atoms with van der Waals surface area (Å²) >= 11 is 0. The number of ketones is 1. The lowest BCUT2D eigenvalue weighted by Crippen LogP contribution is -2.11. The zero-order valence-electron chi connectivity index (χ0n) is 8.47. The molecule has 0 bridgehead atoms. The number of hydrogen-bond acceptors (Lipinski definition) is 3. The maximum absolute atomic E-state index is 11.2. The van der Waals surface area contributed by atoms with Crippen LogP contribution in [0.2, 0.25) is 0 Å². The summed E-state index contributed by atoms with van der Waals surface area (Å²) in [7, 11) is 1.62. The summed E-state index contributed by atoms with van der Waals surface area (Å²) in [5.74, 6) is 0.901. The number of carbonyl (C=O) groups excluding carboxylic acids is 1. The monoisotopic (exact) mass is 204 g/mol. The van der Waals surface area contributed by atoms with Crippen LogP contribution in [0.3, 0.4) is 0 Å². The van der Waals surface area contributed by atoms with E-state index in [9.17, 15) is 4.79 Å². The van der Waals surface area contributed by atoms with Gasteiger partial charge in [0, 0.05) is 6.08 Å². The molecule has 0 saturated heterocycles. The minimum atomic E-state index is -0.159. The number of allylic oxidation sites excluding steroid dienone is 1. The Morgan fingerprint density at radius 3 is 2.67 bits per heavy atom. The van der Waals surface area contributed by atoms with Gasteiger partial charge in [-0.2, -0.15) is 0 Å². The third-order valence-electron chi connectivity index (χ3n) is 2.37. The molecule has 1 aromatic rings. The molecule has 78 valence electrons. The highest BCUT2D eigenvalue weighted by Crippen LogP contribution is 2.26. The SMILES string of the molecule is COc1ccc([C@@H]2CC(=O)C=CO2)cc1. The highest BCUT2D eigenvalue weighted by molar-refractivity contribution is 5.90. The van der Waals surface area contributed by atoms with Crippen molar-refractivity contribution in [2.24, 2.45) is 0 Å². The van der Waals surface area contributed by atoms with Crippen molar-refractivity contribution in [1.29, 1.82) is 0 Å². The van der Waals surface area contributed by atoms with Crippen molar-refractivity contribution < 1.29 is 14.3 Å². The van der Waals surface area contributed by atoms with Crippen LogP contribution in [0.4, 0.5) is 0 Å². The molecule has 0 N–H and O–H groups in total. The van der Waals surface area contributed by atoms with Crippen LogP contribution in [0, 0.1) is 0 Å². The minimum absolute atomic E-state index is 0.0991. The maximum atomic E-state index is 11.2. The van der Waals surface area contributed by atoms with Crippen molar-refractivity contribution >= 4 is 5.78 Å². The standard InChI is InChI=1S/C12H12O3/c1-14-11-4-2-9(3-5-11)12-8-10(13)6-7-15-12/h2-7,12H,8H2,1H3/t12-/m0/s1. The van der Waals surface area contributed by atoms with Crippen molar-refractivity contribution in [3.63, 3.8) is 0 Å². The third kappa shape index (κ3) is 2.18. The molecule has 1 heterocycles. The molecule has 0 radical (unpaired) electrons. The van der Waals surface area contributed by atoms with E-state index in [1.807, 2.05) is 24.3 Å². The Bertz CT molecular complexity index is 378. The highest BCUT2D eigenvalue weighted by atomic mass is 16.5. The number of methoxy groups -OCH3 is 1. The van der Waals surface area contributed by atoms with Crippen molar-refractivity contribution in [2.45, 2.75) is 12.5 Å². The van der Waals surface area contributed by atoms with E-state index in [-0.39, 0.29) is 11.9 Å². The molecule has 0 amide bonds. The van der Waals surface area contributed by atoms with Crippen LogP contribution in [0.1, 0.15) is 18.1 Å². The molecular weight excluding hydrogens is 192 g/mol. The molecule has 0 unspecified atom stereocenters. The predicted molar refractivity (Wildman–Crippen MR) is 55.6 cm³/mol. The van der Waals surface area contributed by atoms with Crippen LogP contribution >= 0.6 is 0 Å². The first-order chi connectivity index (χ1) is 7.29. The largest absolute Gasteiger partial charge is 0.497 e. The van der Waals surface area contributed by atoms with Gasteiger partial charge in [0.2, 0.25) is 0 Å². The van der Waals surface area contributed by atoms with Gasteiger partial charge in [-0.15, -0.1) is 0 Å². The molecule has 0 spiro atoms. The molecule has 1 aromatic carbocycles. The molecule has 0 aromatic heterocycles. The topological polar surface area (TPSA) is 35.5 Å². The van der Waals surface area contributed by atoms with Gasteiger partial charge in [-0.3, -0.25) is 4.79 Å². The molecule has 1 aliphatic heterocycles. The van der Waals surface area contributed by atoms with Gasteiger partial charge in [-0.25, -0.2) is 0 Å². The van der Waals surface area contributed by atoms with Gasteiger partial charge < -0.3 is 9.47 Å². The Morgan fingerprint density at radius 2 is 2.07 bits per heavy atom. The molecule has 1 aliphatic rings. The fourth-order valence-electron chi connectivity index (χ4n) is 1.52. The molecular formula is C12H12O3. The second kappa shape index (κ2) is 4.17. The summed E-state index contributed by atoms with van der Waals surface area (Å²) in [5.41, 5.74) is 0.994. The van der Waals surface area contributed by atoms with E-state index in [0.29, 0.717) is 6.42 Å². The molecule has 0 fully saturated rings. The summed E-state index contributed by atoms with van der Waals surface area (Å²) in [6.07, 6.45) is 3.16. The summed E-state index contributed by atoms with van der Waals surface area (Å²) in [4.78, 5) is 11.2. The Hall–Kier alpha value is -1.77. The zero-order chi connectivity index (χ0) is 10.7. The van der Waals surface area contributed by atoms with Gasteiger partial charge in [0.15, 0.2) is 5.78 Å².